The van der Waals surface area contributed by atoms with Crippen LogP contribution in [-0.2, 0) is 13.1 Å². The number of H-pyrrole nitrogens is 1. The SMILES string of the molecule is CC1CN(C(=O)c2ccc[nH]2)Cc2c(C(=O)NC3=CC(N)C(Cl)C=C3)nn(Cc3ccc(F)cc3)c21. The predicted molar refractivity (Wildman–Crippen MR) is 134 cm³/mol. The summed E-state index contributed by atoms with van der Waals surface area (Å²) in [6.45, 7) is 3.08. The van der Waals surface area contributed by atoms with E-state index in [1.165, 1.54) is 12.1 Å². The highest BCUT2D eigenvalue weighted by atomic mass is 35.5. The van der Waals surface area contributed by atoms with E-state index in [0.717, 1.165) is 11.3 Å². The van der Waals surface area contributed by atoms with Crippen molar-refractivity contribution in [3.63, 3.8) is 0 Å². The second-order valence-corrected chi connectivity index (χ2v) is 9.63. The van der Waals surface area contributed by atoms with Crippen molar-refractivity contribution in [2.24, 2.45) is 5.73 Å². The van der Waals surface area contributed by atoms with Gasteiger partial charge in [0.1, 0.15) is 11.5 Å². The number of alkyl halides is 1. The number of hydrogen-bond donors (Lipinski definition) is 3. The minimum Gasteiger partial charge on any atom is -0.357 e. The second-order valence-electron chi connectivity index (χ2n) is 9.12. The number of rotatable bonds is 5. The molecule has 4 N–H and O–H groups in total. The maximum absolute atomic E-state index is 13.4. The molecule has 0 fully saturated rings. The fraction of sp³-hybridized carbons (Fsp3) is 0.269. The third kappa shape index (κ3) is 4.72. The third-order valence-corrected chi connectivity index (χ3v) is 6.87. The molecular weight excluding hydrogens is 483 g/mol. The highest BCUT2D eigenvalue weighted by Gasteiger charge is 2.35. The van der Waals surface area contributed by atoms with Crippen LogP contribution in [0.4, 0.5) is 4.39 Å². The van der Waals surface area contributed by atoms with Crippen LogP contribution in [0.1, 0.15) is 50.6 Å². The Labute approximate surface area is 212 Å². The number of benzene rings is 1. The quantitative estimate of drug-likeness (QED) is 0.459. The number of aromatic amines is 1. The van der Waals surface area contributed by atoms with E-state index in [-0.39, 0.29) is 35.3 Å². The van der Waals surface area contributed by atoms with Crippen molar-refractivity contribution in [3.05, 3.63) is 101 Å². The van der Waals surface area contributed by atoms with Crippen LogP contribution in [-0.4, -0.2) is 49.4 Å². The molecule has 1 aliphatic carbocycles. The number of nitrogens with one attached hydrogen (secondary N) is 2. The zero-order valence-electron chi connectivity index (χ0n) is 19.6. The van der Waals surface area contributed by atoms with Crippen molar-refractivity contribution in [1.82, 2.24) is 25.0 Å². The molecule has 0 spiro atoms. The van der Waals surface area contributed by atoms with Crippen molar-refractivity contribution in [3.8, 4) is 0 Å². The lowest BCUT2D eigenvalue weighted by Gasteiger charge is -2.32. The Balaban J connectivity index is 1.49. The Morgan fingerprint density at radius 3 is 2.75 bits per heavy atom. The number of carbonyl (C=O) groups excluding carboxylic acids is 2. The summed E-state index contributed by atoms with van der Waals surface area (Å²) in [6.07, 6.45) is 6.84. The number of aromatic nitrogens is 3. The van der Waals surface area contributed by atoms with E-state index in [2.05, 4.69) is 15.4 Å². The van der Waals surface area contributed by atoms with Crippen LogP contribution in [0, 0.1) is 5.82 Å². The maximum Gasteiger partial charge on any atom is 0.276 e. The number of fused-ring (bicyclic) bond motifs is 1. The summed E-state index contributed by atoms with van der Waals surface area (Å²) in [5.41, 5.74) is 9.68. The van der Waals surface area contributed by atoms with Crippen LogP contribution in [0.15, 0.2) is 66.5 Å². The van der Waals surface area contributed by atoms with E-state index in [4.69, 9.17) is 17.3 Å². The van der Waals surface area contributed by atoms with Gasteiger partial charge in [0.05, 0.1) is 18.5 Å². The Bertz CT molecular complexity index is 1350. The van der Waals surface area contributed by atoms with Crippen molar-refractivity contribution >= 4 is 23.4 Å². The van der Waals surface area contributed by atoms with E-state index in [0.29, 0.717) is 30.0 Å². The lowest BCUT2D eigenvalue weighted by molar-refractivity contribution is 0.0711. The first kappa shape index (κ1) is 24.0. The number of carbonyl (C=O) groups is 2. The summed E-state index contributed by atoms with van der Waals surface area (Å²) in [5, 5.41) is 7.20. The molecule has 5 rings (SSSR count). The monoisotopic (exact) mass is 508 g/mol. The molecule has 2 aliphatic rings. The standard InChI is InChI=1S/C26H26ClFN6O2/c1-15-12-33(26(36)22-3-2-10-30-22)14-19-23(25(35)31-18-8-9-20(27)21(29)11-18)32-34(24(15)19)13-16-4-6-17(28)7-5-16/h2-11,15,20-21,30H,12-14,29H2,1H3,(H,31,35). The number of allylic oxidation sites excluding steroid dienone is 1. The number of hydrogen-bond acceptors (Lipinski definition) is 4. The summed E-state index contributed by atoms with van der Waals surface area (Å²) in [5.74, 6) is -0.950. The predicted octanol–water partition coefficient (Wildman–Crippen LogP) is 3.28. The molecule has 2 amide bonds. The molecule has 0 bridgehead atoms. The molecule has 3 heterocycles. The van der Waals surface area contributed by atoms with Crippen molar-refractivity contribution < 1.29 is 14.0 Å². The van der Waals surface area contributed by atoms with Gasteiger partial charge in [-0.3, -0.25) is 14.3 Å². The first-order valence-electron chi connectivity index (χ1n) is 11.7. The summed E-state index contributed by atoms with van der Waals surface area (Å²) in [6, 6.07) is 9.25. The van der Waals surface area contributed by atoms with Crippen LogP contribution >= 0.6 is 11.6 Å². The highest BCUT2D eigenvalue weighted by Crippen LogP contribution is 2.32. The molecule has 0 saturated heterocycles. The van der Waals surface area contributed by atoms with Gasteiger partial charge < -0.3 is 20.9 Å². The Kier molecular flexibility index (Phi) is 6.51. The molecule has 3 unspecified atom stereocenters. The molecule has 3 atom stereocenters. The van der Waals surface area contributed by atoms with Gasteiger partial charge in [-0.1, -0.05) is 25.1 Å². The van der Waals surface area contributed by atoms with Gasteiger partial charge in [-0.15, -0.1) is 11.6 Å². The largest absolute Gasteiger partial charge is 0.357 e. The molecular formula is C26H26ClFN6O2. The topological polar surface area (TPSA) is 109 Å². The van der Waals surface area contributed by atoms with Crippen molar-refractivity contribution in [2.45, 2.75) is 37.4 Å². The molecule has 10 heteroatoms. The molecule has 36 heavy (non-hydrogen) atoms. The fourth-order valence-corrected chi connectivity index (χ4v) is 4.84. The van der Waals surface area contributed by atoms with E-state index in [9.17, 15) is 14.0 Å². The number of amides is 2. The number of halogens is 2. The average molecular weight is 509 g/mol. The minimum atomic E-state index is -0.425. The van der Waals surface area contributed by atoms with E-state index < -0.39 is 11.9 Å². The molecule has 1 aliphatic heterocycles. The molecule has 3 aromatic rings. The van der Waals surface area contributed by atoms with Gasteiger partial charge in [0.25, 0.3) is 11.8 Å². The van der Waals surface area contributed by atoms with Crippen LogP contribution in [0.25, 0.3) is 0 Å². The van der Waals surface area contributed by atoms with Crippen LogP contribution in [0.2, 0.25) is 0 Å². The first-order chi connectivity index (χ1) is 17.3. The maximum atomic E-state index is 13.4. The minimum absolute atomic E-state index is 0.0821. The van der Waals surface area contributed by atoms with E-state index in [1.807, 2.05) is 6.92 Å². The number of nitrogens with zero attached hydrogens (tertiary/aromatic N) is 3. The summed E-state index contributed by atoms with van der Waals surface area (Å²) >= 11 is 6.13. The first-order valence-corrected chi connectivity index (χ1v) is 12.1. The molecule has 1 aromatic carbocycles. The Morgan fingerprint density at radius 2 is 2.06 bits per heavy atom. The zero-order valence-corrected chi connectivity index (χ0v) is 20.4. The second kappa shape index (κ2) is 9.75. The van der Waals surface area contributed by atoms with Gasteiger partial charge in [-0.25, -0.2) is 4.39 Å². The van der Waals surface area contributed by atoms with Gasteiger partial charge in [0, 0.05) is 41.7 Å². The van der Waals surface area contributed by atoms with Gasteiger partial charge in [-0.05, 0) is 42.0 Å². The molecule has 186 valence electrons. The van der Waals surface area contributed by atoms with Crippen LogP contribution in [0.5, 0.6) is 0 Å². The third-order valence-electron chi connectivity index (χ3n) is 6.44. The lowest BCUT2D eigenvalue weighted by atomic mass is 9.95. The Morgan fingerprint density at radius 1 is 1.28 bits per heavy atom. The lowest BCUT2D eigenvalue weighted by Crippen LogP contribution is -2.39. The van der Waals surface area contributed by atoms with Crippen molar-refractivity contribution in [2.75, 3.05) is 6.54 Å². The van der Waals surface area contributed by atoms with Crippen LogP contribution < -0.4 is 11.1 Å². The molecule has 0 saturated carbocycles. The molecule has 8 nitrogen and oxygen atoms in total. The van der Waals surface area contributed by atoms with Crippen LogP contribution in [0.3, 0.4) is 0 Å². The summed E-state index contributed by atoms with van der Waals surface area (Å²) in [4.78, 5) is 31.2. The highest BCUT2D eigenvalue weighted by molar-refractivity contribution is 6.22. The van der Waals surface area contributed by atoms with E-state index in [1.54, 1.807) is 58.3 Å². The Hall–Kier alpha value is -3.69. The zero-order chi connectivity index (χ0) is 25.4. The molecule has 0 radical (unpaired) electrons. The fourth-order valence-electron chi connectivity index (χ4n) is 4.70. The average Bonchev–Trinajstić information content (AvgIpc) is 3.51. The van der Waals surface area contributed by atoms with E-state index >= 15 is 0 Å². The van der Waals surface area contributed by atoms with Crippen molar-refractivity contribution in [1.29, 1.82) is 0 Å². The normalized spacial score (nSPS) is 21.2. The summed E-state index contributed by atoms with van der Waals surface area (Å²) in [7, 11) is 0. The number of nitrogens with two attached hydrogens (primary N) is 1. The van der Waals surface area contributed by atoms with Gasteiger partial charge in [0.15, 0.2) is 5.69 Å². The van der Waals surface area contributed by atoms with Gasteiger partial charge in [0.2, 0.25) is 0 Å². The summed E-state index contributed by atoms with van der Waals surface area (Å²) < 4.78 is 15.2. The molecule has 2 aromatic heterocycles. The van der Waals surface area contributed by atoms with Gasteiger partial charge in [-0.2, -0.15) is 5.10 Å². The van der Waals surface area contributed by atoms with Gasteiger partial charge >= 0.3 is 0 Å². The smallest absolute Gasteiger partial charge is 0.276 e.